The largest absolute Gasteiger partial charge is 0.396 e. The number of aliphatic hydroxyl groups excluding tert-OH is 1. The van der Waals surface area contributed by atoms with E-state index in [0.717, 1.165) is 5.69 Å². The van der Waals surface area contributed by atoms with Gasteiger partial charge in [-0.15, -0.1) is 0 Å². The van der Waals surface area contributed by atoms with Crippen LogP contribution < -0.4 is 4.90 Å². The Kier molecular flexibility index (Phi) is 4.84. The molecule has 0 atom stereocenters. The van der Waals surface area contributed by atoms with Crippen molar-refractivity contribution in [3.05, 3.63) is 27.9 Å². The lowest BCUT2D eigenvalue weighted by Gasteiger charge is -2.21. The number of nitro groups is 1. The number of aromatic nitrogens is 1. The van der Waals surface area contributed by atoms with Gasteiger partial charge < -0.3 is 10.0 Å². The van der Waals surface area contributed by atoms with E-state index in [1.165, 1.54) is 6.07 Å². The first-order valence-electron chi connectivity index (χ1n) is 5.58. The third-order valence-electron chi connectivity index (χ3n) is 2.46. The summed E-state index contributed by atoms with van der Waals surface area (Å²) in [5.74, 6) is 0.381. The molecule has 0 aromatic carbocycles. The highest BCUT2D eigenvalue weighted by Crippen LogP contribution is 2.25. The minimum Gasteiger partial charge on any atom is -0.396 e. The molecule has 6 heteroatoms. The van der Waals surface area contributed by atoms with Gasteiger partial charge in [-0.1, -0.05) is 0 Å². The molecule has 0 aliphatic carbocycles. The lowest BCUT2D eigenvalue weighted by Crippen LogP contribution is -2.26. The highest BCUT2D eigenvalue weighted by molar-refractivity contribution is 5.58. The second-order valence-corrected chi connectivity index (χ2v) is 3.71. The zero-order chi connectivity index (χ0) is 12.8. The van der Waals surface area contributed by atoms with Gasteiger partial charge in [0.2, 0.25) is 5.82 Å². The fraction of sp³-hybridized carbons (Fsp3) is 0.545. The van der Waals surface area contributed by atoms with Crippen LogP contribution in [0.1, 0.15) is 19.0 Å². The monoisotopic (exact) mass is 239 g/mol. The van der Waals surface area contributed by atoms with Crippen LogP contribution in [0.25, 0.3) is 0 Å². The Hall–Kier alpha value is -1.69. The lowest BCUT2D eigenvalue weighted by atomic mass is 10.3. The summed E-state index contributed by atoms with van der Waals surface area (Å²) in [4.78, 5) is 16.5. The fourth-order valence-corrected chi connectivity index (χ4v) is 1.59. The molecule has 0 amide bonds. The first kappa shape index (κ1) is 13.4. The van der Waals surface area contributed by atoms with Gasteiger partial charge in [0.05, 0.1) is 4.92 Å². The SMILES string of the molecule is CCN(CCCO)c1nc(C)ccc1[N+](=O)[O-]. The first-order valence-corrected chi connectivity index (χ1v) is 5.58. The molecule has 0 aliphatic rings. The van der Waals surface area contributed by atoms with E-state index < -0.39 is 4.92 Å². The van der Waals surface area contributed by atoms with Crippen molar-refractivity contribution >= 4 is 11.5 Å². The van der Waals surface area contributed by atoms with Crippen LogP contribution in [0.5, 0.6) is 0 Å². The molecule has 1 N–H and O–H groups in total. The van der Waals surface area contributed by atoms with Crippen molar-refractivity contribution in [2.24, 2.45) is 0 Å². The summed E-state index contributed by atoms with van der Waals surface area (Å²) in [7, 11) is 0. The van der Waals surface area contributed by atoms with Crippen molar-refractivity contribution in [1.82, 2.24) is 4.98 Å². The summed E-state index contributed by atoms with van der Waals surface area (Å²) in [5.41, 5.74) is 0.753. The van der Waals surface area contributed by atoms with E-state index in [0.29, 0.717) is 25.3 Å². The molecule has 1 aromatic rings. The number of nitrogens with zero attached hydrogens (tertiary/aromatic N) is 3. The average molecular weight is 239 g/mol. The van der Waals surface area contributed by atoms with E-state index in [9.17, 15) is 10.1 Å². The number of pyridine rings is 1. The zero-order valence-electron chi connectivity index (χ0n) is 10.1. The van der Waals surface area contributed by atoms with E-state index in [2.05, 4.69) is 4.98 Å². The van der Waals surface area contributed by atoms with Gasteiger partial charge in [-0.3, -0.25) is 10.1 Å². The Morgan fingerprint density at radius 1 is 1.53 bits per heavy atom. The van der Waals surface area contributed by atoms with Crippen LogP contribution in [0.15, 0.2) is 12.1 Å². The van der Waals surface area contributed by atoms with Crippen LogP contribution in [0.3, 0.4) is 0 Å². The Labute approximate surface area is 100 Å². The van der Waals surface area contributed by atoms with Gasteiger partial charge in [-0.2, -0.15) is 0 Å². The Balaban J connectivity index is 3.06. The molecule has 0 radical (unpaired) electrons. The molecular formula is C11H17N3O3. The van der Waals surface area contributed by atoms with Crippen LogP contribution in [0, 0.1) is 17.0 Å². The number of aliphatic hydroxyl groups is 1. The van der Waals surface area contributed by atoms with E-state index >= 15 is 0 Å². The maximum Gasteiger partial charge on any atom is 0.311 e. The molecule has 0 fully saturated rings. The Bertz CT molecular complexity index is 396. The van der Waals surface area contributed by atoms with Gasteiger partial charge in [0.15, 0.2) is 0 Å². The number of hydrogen-bond donors (Lipinski definition) is 1. The zero-order valence-corrected chi connectivity index (χ0v) is 10.1. The molecule has 0 saturated heterocycles. The van der Waals surface area contributed by atoms with Gasteiger partial charge in [0.25, 0.3) is 0 Å². The fourth-order valence-electron chi connectivity index (χ4n) is 1.59. The molecule has 17 heavy (non-hydrogen) atoms. The third-order valence-corrected chi connectivity index (χ3v) is 2.46. The maximum absolute atomic E-state index is 10.9. The van der Waals surface area contributed by atoms with Crippen LogP contribution >= 0.6 is 0 Å². The lowest BCUT2D eigenvalue weighted by molar-refractivity contribution is -0.384. The molecule has 0 unspecified atom stereocenters. The van der Waals surface area contributed by atoms with Crippen molar-refractivity contribution in [2.45, 2.75) is 20.3 Å². The average Bonchev–Trinajstić information content (AvgIpc) is 2.29. The second-order valence-electron chi connectivity index (χ2n) is 3.71. The molecule has 0 bridgehead atoms. The summed E-state index contributed by atoms with van der Waals surface area (Å²) in [6, 6.07) is 3.10. The second kappa shape index (κ2) is 6.15. The predicted molar refractivity (Wildman–Crippen MR) is 65.2 cm³/mol. The van der Waals surface area contributed by atoms with E-state index in [1.54, 1.807) is 17.9 Å². The van der Waals surface area contributed by atoms with Gasteiger partial charge in [-0.25, -0.2) is 4.98 Å². The van der Waals surface area contributed by atoms with Gasteiger partial charge >= 0.3 is 5.69 Å². The molecule has 6 nitrogen and oxygen atoms in total. The smallest absolute Gasteiger partial charge is 0.311 e. The highest BCUT2D eigenvalue weighted by atomic mass is 16.6. The normalized spacial score (nSPS) is 10.3. The molecule has 1 aromatic heterocycles. The van der Waals surface area contributed by atoms with Crippen LogP contribution in [-0.4, -0.2) is 34.7 Å². The summed E-state index contributed by atoms with van der Waals surface area (Å²) >= 11 is 0. The molecule has 0 aliphatic heterocycles. The molecular weight excluding hydrogens is 222 g/mol. The van der Waals surface area contributed by atoms with Crippen LogP contribution in [0.4, 0.5) is 11.5 Å². The Morgan fingerprint density at radius 3 is 2.76 bits per heavy atom. The molecule has 1 heterocycles. The summed E-state index contributed by atoms with van der Waals surface area (Å²) in [5, 5.41) is 19.7. The minimum atomic E-state index is -0.427. The van der Waals surface area contributed by atoms with E-state index in [-0.39, 0.29) is 12.3 Å². The summed E-state index contributed by atoms with van der Waals surface area (Å²) in [6.07, 6.45) is 0.570. The van der Waals surface area contributed by atoms with Crippen LogP contribution in [0.2, 0.25) is 0 Å². The maximum atomic E-state index is 10.9. The number of rotatable bonds is 6. The van der Waals surface area contributed by atoms with E-state index in [1.807, 2.05) is 6.92 Å². The molecule has 0 saturated carbocycles. The van der Waals surface area contributed by atoms with Gasteiger partial charge in [-0.05, 0) is 26.3 Å². The van der Waals surface area contributed by atoms with Crippen molar-refractivity contribution in [3.8, 4) is 0 Å². The quantitative estimate of drug-likeness (QED) is 0.601. The van der Waals surface area contributed by atoms with Crippen molar-refractivity contribution in [1.29, 1.82) is 0 Å². The number of hydrogen-bond acceptors (Lipinski definition) is 5. The van der Waals surface area contributed by atoms with Crippen molar-refractivity contribution in [3.63, 3.8) is 0 Å². The minimum absolute atomic E-state index is 0.00962. The van der Waals surface area contributed by atoms with Crippen LogP contribution in [-0.2, 0) is 0 Å². The molecule has 0 spiro atoms. The van der Waals surface area contributed by atoms with Crippen molar-refractivity contribution in [2.75, 3.05) is 24.6 Å². The van der Waals surface area contributed by atoms with E-state index in [4.69, 9.17) is 5.11 Å². The number of anilines is 1. The molecule has 94 valence electrons. The third kappa shape index (κ3) is 3.39. The first-order chi connectivity index (χ1) is 8.10. The predicted octanol–water partition coefficient (Wildman–Crippen LogP) is 1.51. The summed E-state index contributed by atoms with van der Waals surface area (Å²) < 4.78 is 0. The highest BCUT2D eigenvalue weighted by Gasteiger charge is 2.19. The Morgan fingerprint density at radius 2 is 2.24 bits per heavy atom. The van der Waals surface area contributed by atoms with Crippen molar-refractivity contribution < 1.29 is 10.0 Å². The summed E-state index contributed by atoms with van der Waals surface area (Å²) in [6.45, 7) is 4.95. The number of aryl methyl sites for hydroxylation is 1. The van der Waals surface area contributed by atoms with Gasteiger partial charge in [0.1, 0.15) is 0 Å². The van der Waals surface area contributed by atoms with Gasteiger partial charge in [0, 0.05) is 31.5 Å². The molecule has 1 rings (SSSR count). The standard InChI is InChI=1S/C11H17N3O3/c1-3-13(7-4-8-15)11-10(14(16)17)6-5-9(2)12-11/h5-6,15H,3-4,7-8H2,1-2H3. The topological polar surface area (TPSA) is 79.5 Å².